The highest BCUT2D eigenvalue weighted by molar-refractivity contribution is 5.79. The predicted octanol–water partition coefficient (Wildman–Crippen LogP) is 2.87. The van der Waals surface area contributed by atoms with Gasteiger partial charge in [0.1, 0.15) is 5.78 Å². The SMILES string of the molecule is CC(C)(C)CC(=O)CCN1CCCCC1. The van der Waals surface area contributed by atoms with Crippen molar-refractivity contribution in [1.82, 2.24) is 4.90 Å². The van der Waals surface area contributed by atoms with Crippen molar-refractivity contribution in [2.24, 2.45) is 5.41 Å². The molecule has 1 fully saturated rings. The zero-order chi connectivity index (χ0) is 11.3. The molecule has 88 valence electrons. The van der Waals surface area contributed by atoms with Crippen LogP contribution in [0.2, 0.25) is 0 Å². The van der Waals surface area contributed by atoms with E-state index >= 15 is 0 Å². The highest BCUT2D eigenvalue weighted by atomic mass is 16.1. The number of rotatable bonds is 4. The Morgan fingerprint density at radius 3 is 2.27 bits per heavy atom. The lowest BCUT2D eigenvalue weighted by molar-refractivity contribution is -0.121. The van der Waals surface area contributed by atoms with Crippen molar-refractivity contribution in [3.8, 4) is 0 Å². The maximum absolute atomic E-state index is 11.7. The van der Waals surface area contributed by atoms with Crippen LogP contribution >= 0.6 is 0 Å². The lowest BCUT2D eigenvalue weighted by atomic mass is 9.89. The number of carbonyl (C=O) groups is 1. The molecule has 0 aromatic rings. The molecule has 2 nitrogen and oxygen atoms in total. The number of hydrogen-bond donors (Lipinski definition) is 0. The fourth-order valence-electron chi connectivity index (χ4n) is 2.15. The average molecular weight is 211 g/mol. The Labute approximate surface area is 94.0 Å². The summed E-state index contributed by atoms with van der Waals surface area (Å²) in [4.78, 5) is 14.1. The smallest absolute Gasteiger partial charge is 0.134 e. The summed E-state index contributed by atoms with van der Waals surface area (Å²) in [5, 5.41) is 0. The van der Waals surface area contributed by atoms with E-state index in [0.717, 1.165) is 19.4 Å². The maximum atomic E-state index is 11.7. The summed E-state index contributed by atoms with van der Waals surface area (Å²) in [5.74, 6) is 0.424. The van der Waals surface area contributed by atoms with E-state index in [1.165, 1.54) is 32.4 Å². The molecule has 1 saturated heterocycles. The highest BCUT2D eigenvalue weighted by Crippen LogP contribution is 2.19. The summed E-state index contributed by atoms with van der Waals surface area (Å²) in [7, 11) is 0. The molecule has 0 unspecified atom stereocenters. The van der Waals surface area contributed by atoms with Gasteiger partial charge in [-0.3, -0.25) is 4.79 Å². The van der Waals surface area contributed by atoms with Gasteiger partial charge in [-0.2, -0.15) is 0 Å². The zero-order valence-corrected chi connectivity index (χ0v) is 10.5. The minimum absolute atomic E-state index is 0.152. The monoisotopic (exact) mass is 211 g/mol. The Kier molecular flexibility index (Phi) is 4.78. The molecule has 0 bridgehead atoms. The molecule has 0 spiro atoms. The molecule has 0 radical (unpaired) electrons. The van der Waals surface area contributed by atoms with Gasteiger partial charge >= 0.3 is 0 Å². The Morgan fingerprint density at radius 1 is 1.13 bits per heavy atom. The third kappa shape index (κ3) is 5.93. The zero-order valence-electron chi connectivity index (χ0n) is 10.5. The Bertz CT molecular complexity index is 199. The number of nitrogens with zero attached hydrogens (tertiary/aromatic N) is 1. The second kappa shape index (κ2) is 5.64. The summed E-state index contributed by atoms with van der Waals surface area (Å²) in [6, 6.07) is 0. The summed E-state index contributed by atoms with van der Waals surface area (Å²) in [6.45, 7) is 9.77. The number of piperidine rings is 1. The molecule has 0 amide bonds. The van der Waals surface area contributed by atoms with Gasteiger partial charge in [0.05, 0.1) is 0 Å². The average Bonchev–Trinajstić information content (AvgIpc) is 2.14. The molecular formula is C13H25NO. The molecule has 1 heterocycles. The van der Waals surface area contributed by atoms with Gasteiger partial charge in [0.25, 0.3) is 0 Å². The first-order valence-electron chi connectivity index (χ1n) is 6.21. The lowest BCUT2D eigenvalue weighted by Gasteiger charge is -2.26. The Hall–Kier alpha value is -0.370. The van der Waals surface area contributed by atoms with E-state index in [-0.39, 0.29) is 5.41 Å². The second-order valence-corrected chi connectivity index (χ2v) is 5.93. The van der Waals surface area contributed by atoms with Crippen LogP contribution in [0.15, 0.2) is 0 Å². The van der Waals surface area contributed by atoms with Gasteiger partial charge in [0.2, 0.25) is 0 Å². The van der Waals surface area contributed by atoms with Crippen LogP contribution in [-0.2, 0) is 4.79 Å². The molecule has 0 aromatic heterocycles. The molecule has 15 heavy (non-hydrogen) atoms. The van der Waals surface area contributed by atoms with Crippen LogP contribution in [0, 0.1) is 5.41 Å². The van der Waals surface area contributed by atoms with E-state index in [0.29, 0.717) is 5.78 Å². The molecule has 1 aliphatic heterocycles. The van der Waals surface area contributed by atoms with E-state index in [1.54, 1.807) is 0 Å². The van der Waals surface area contributed by atoms with Gasteiger partial charge in [0.15, 0.2) is 0 Å². The third-order valence-electron chi connectivity index (χ3n) is 2.88. The predicted molar refractivity (Wildman–Crippen MR) is 64.0 cm³/mol. The van der Waals surface area contributed by atoms with E-state index in [4.69, 9.17) is 0 Å². The van der Waals surface area contributed by atoms with Crippen LogP contribution in [-0.4, -0.2) is 30.3 Å². The van der Waals surface area contributed by atoms with E-state index in [9.17, 15) is 4.79 Å². The Morgan fingerprint density at radius 2 is 1.73 bits per heavy atom. The van der Waals surface area contributed by atoms with E-state index < -0.39 is 0 Å². The van der Waals surface area contributed by atoms with Crippen molar-refractivity contribution < 1.29 is 4.79 Å². The molecular weight excluding hydrogens is 186 g/mol. The van der Waals surface area contributed by atoms with Gasteiger partial charge < -0.3 is 4.90 Å². The standard InChI is InChI=1S/C13H25NO/c1-13(2,3)11-12(15)7-10-14-8-5-4-6-9-14/h4-11H2,1-3H3. The Balaban J connectivity index is 2.15. The molecule has 1 aliphatic rings. The van der Waals surface area contributed by atoms with Gasteiger partial charge in [-0.05, 0) is 31.3 Å². The number of carbonyl (C=O) groups excluding carboxylic acids is 1. The van der Waals surface area contributed by atoms with Crippen LogP contribution in [0.3, 0.4) is 0 Å². The van der Waals surface area contributed by atoms with Crippen LogP contribution in [0.25, 0.3) is 0 Å². The van der Waals surface area contributed by atoms with Crippen LogP contribution in [0.4, 0.5) is 0 Å². The number of Topliss-reactive ketones (excluding diaryl/α,β-unsaturated/α-hetero) is 1. The van der Waals surface area contributed by atoms with Crippen molar-refractivity contribution in [1.29, 1.82) is 0 Å². The maximum Gasteiger partial charge on any atom is 0.134 e. The molecule has 2 heteroatoms. The van der Waals surface area contributed by atoms with Crippen molar-refractivity contribution >= 4 is 5.78 Å². The van der Waals surface area contributed by atoms with Crippen molar-refractivity contribution in [3.05, 3.63) is 0 Å². The minimum atomic E-state index is 0.152. The van der Waals surface area contributed by atoms with Gasteiger partial charge in [-0.25, -0.2) is 0 Å². The fourth-order valence-corrected chi connectivity index (χ4v) is 2.15. The number of likely N-dealkylation sites (tertiary alicyclic amines) is 1. The third-order valence-corrected chi connectivity index (χ3v) is 2.88. The number of ketones is 1. The van der Waals surface area contributed by atoms with Crippen LogP contribution < -0.4 is 0 Å². The fraction of sp³-hybridized carbons (Fsp3) is 0.923. The summed E-state index contributed by atoms with van der Waals surface area (Å²) in [6.07, 6.45) is 5.46. The van der Waals surface area contributed by atoms with Gasteiger partial charge in [-0.1, -0.05) is 27.2 Å². The largest absolute Gasteiger partial charge is 0.303 e. The quantitative estimate of drug-likeness (QED) is 0.712. The number of hydrogen-bond acceptors (Lipinski definition) is 2. The van der Waals surface area contributed by atoms with E-state index in [1.807, 2.05) is 0 Å². The summed E-state index contributed by atoms with van der Waals surface area (Å²) < 4.78 is 0. The first-order valence-corrected chi connectivity index (χ1v) is 6.21. The molecule has 1 rings (SSSR count). The molecule has 0 N–H and O–H groups in total. The van der Waals surface area contributed by atoms with Crippen LogP contribution in [0.1, 0.15) is 52.9 Å². The normalized spacial score (nSPS) is 19.1. The van der Waals surface area contributed by atoms with Crippen molar-refractivity contribution in [2.75, 3.05) is 19.6 Å². The van der Waals surface area contributed by atoms with Crippen molar-refractivity contribution in [3.63, 3.8) is 0 Å². The summed E-state index contributed by atoms with van der Waals surface area (Å²) in [5.41, 5.74) is 0.152. The first kappa shape index (κ1) is 12.7. The molecule has 0 saturated carbocycles. The van der Waals surface area contributed by atoms with Crippen molar-refractivity contribution in [2.45, 2.75) is 52.9 Å². The molecule has 0 atom stereocenters. The second-order valence-electron chi connectivity index (χ2n) is 5.93. The van der Waals surface area contributed by atoms with Gasteiger partial charge in [-0.15, -0.1) is 0 Å². The molecule has 0 aromatic carbocycles. The topological polar surface area (TPSA) is 20.3 Å². The first-order chi connectivity index (χ1) is 6.97. The highest BCUT2D eigenvalue weighted by Gasteiger charge is 2.17. The summed E-state index contributed by atoms with van der Waals surface area (Å²) >= 11 is 0. The van der Waals surface area contributed by atoms with Crippen LogP contribution in [0.5, 0.6) is 0 Å². The lowest BCUT2D eigenvalue weighted by Crippen LogP contribution is -2.32. The van der Waals surface area contributed by atoms with Gasteiger partial charge in [0, 0.05) is 19.4 Å². The molecule has 0 aliphatic carbocycles. The minimum Gasteiger partial charge on any atom is -0.303 e. The van der Waals surface area contributed by atoms with E-state index in [2.05, 4.69) is 25.7 Å².